The molecule has 0 radical (unpaired) electrons. The predicted molar refractivity (Wildman–Crippen MR) is 141 cm³/mol. The van der Waals surface area contributed by atoms with Crippen LogP contribution in [0.3, 0.4) is 0 Å². The zero-order valence-electron chi connectivity index (χ0n) is 20.1. The number of hydrogen-bond donors (Lipinski definition) is 1. The molecular formula is C27H31N5O2S. The number of likely N-dealkylation sites (tertiary alicyclic amines) is 1. The fourth-order valence-electron chi connectivity index (χ4n) is 4.75. The third kappa shape index (κ3) is 5.44. The largest absolute Gasteiger partial charge is 0.342 e. The molecule has 1 aliphatic rings. The van der Waals surface area contributed by atoms with Crippen molar-refractivity contribution in [2.24, 2.45) is 0 Å². The Morgan fingerprint density at radius 2 is 1.83 bits per heavy atom. The molecule has 182 valence electrons. The highest BCUT2D eigenvalue weighted by molar-refractivity contribution is 7.18. The van der Waals surface area contributed by atoms with Gasteiger partial charge in [0.05, 0.1) is 39.2 Å². The third-order valence-corrected chi connectivity index (χ3v) is 7.93. The van der Waals surface area contributed by atoms with E-state index in [0.29, 0.717) is 35.7 Å². The second-order valence-corrected chi connectivity index (χ2v) is 10.3. The molecule has 1 saturated heterocycles. The molecule has 2 aromatic heterocycles. The first-order valence-electron chi connectivity index (χ1n) is 12.4. The lowest BCUT2D eigenvalue weighted by molar-refractivity contribution is -0.133. The van der Waals surface area contributed by atoms with Gasteiger partial charge in [-0.1, -0.05) is 37.6 Å². The Balaban J connectivity index is 1.22. The number of hydrogen-bond acceptors (Lipinski definition) is 6. The molecule has 1 amide bonds. The van der Waals surface area contributed by atoms with Gasteiger partial charge in [0.25, 0.3) is 5.56 Å². The number of H-pyrrole nitrogens is 1. The van der Waals surface area contributed by atoms with Gasteiger partial charge in [-0.05, 0) is 50.1 Å². The van der Waals surface area contributed by atoms with Crippen molar-refractivity contribution in [3.05, 3.63) is 69.7 Å². The monoisotopic (exact) mass is 489 g/mol. The lowest BCUT2D eigenvalue weighted by Gasteiger charge is -2.33. The fraction of sp³-hybridized carbons (Fsp3) is 0.407. The van der Waals surface area contributed by atoms with Crippen molar-refractivity contribution < 1.29 is 4.79 Å². The second kappa shape index (κ2) is 10.7. The summed E-state index contributed by atoms with van der Waals surface area (Å²) in [5, 5.41) is 1.78. The van der Waals surface area contributed by atoms with Gasteiger partial charge in [0, 0.05) is 19.0 Å². The Morgan fingerprint density at radius 1 is 1.09 bits per heavy atom. The zero-order chi connectivity index (χ0) is 24.2. The summed E-state index contributed by atoms with van der Waals surface area (Å²) in [5.41, 5.74) is 1.62. The molecule has 0 aliphatic carbocycles. The number of nitrogens with one attached hydrogen (secondary N) is 1. The third-order valence-electron chi connectivity index (χ3n) is 6.73. The average Bonchev–Trinajstić information content (AvgIpc) is 3.32. The Morgan fingerprint density at radius 3 is 2.60 bits per heavy atom. The van der Waals surface area contributed by atoms with Crippen molar-refractivity contribution >= 4 is 38.4 Å². The molecule has 1 N–H and O–H groups in total. The smallest absolute Gasteiger partial charge is 0.258 e. The van der Waals surface area contributed by atoms with Crippen LogP contribution in [0.25, 0.3) is 21.1 Å². The number of aromatic amines is 1. The van der Waals surface area contributed by atoms with Crippen LogP contribution in [0.4, 0.5) is 0 Å². The van der Waals surface area contributed by atoms with E-state index in [1.54, 1.807) is 17.4 Å². The van der Waals surface area contributed by atoms with Crippen LogP contribution < -0.4 is 5.56 Å². The number of benzene rings is 2. The number of carbonyl (C=O) groups excluding carboxylic acids is 1. The molecule has 0 spiro atoms. The van der Waals surface area contributed by atoms with E-state index in [4.69, 9.17) is 4.98 Å². The van der Waals surface area contributed by atoms with Crippen LogP contribution in [0, 0.1) is 0 Å². The molecule has 0 unspecified atom stereocenters. The SMILES string of the molecule is CCCCN(CC(=O)N1CCC(c2nc3ccccc3s2)CC1)Cc1nc2ccccc2c(=O)[nH]1. The number of unbranched alkanes of at least 4 members (excludes halogenated alkanes) is 1. The summed E-state index contributed by atoms with van der Waals surface area (Å²) in [6.07, 6.45) is 3.92. The van der Waals surface area contributed by atoms with Crippen molar-refractivity contribution in [1.29, 1.82) is 0 Å². The second-order valence-electron chi connectivity index (χ2n) is 9.27. The number of piperidine rings is 1. The summed E-state index contributed by atoms with van der Waals surface area (Å²) < 4.78 is 1.23. The molecule has 5 rings (SSSR count). The standard InChI is InChI=1S/C27H31N5O2S/c1-2-3-14-31(17-24-28-21-9-5-4-8-20(21)26(34)30-24)18-25(33)32-15-12-19(13-16-32)27-29-22-10-6-7-11-23(22)35-27/h4-11,19H,2-3,12-18H2,1H3,(H,28,30,34). The van der Waals surface area contributed by atoms with Gasteiger partial charge in [0.15, 0.2) is 0 Å². The van der Waals surface area contributed by atoms with Gasteiger partial charge in [-0.25, -0.2) is 9.97 Å². The zero-order valence-corrected chi connectivity index (χ0v) is 20.9. The van der Waals surface area contributed by atoms with Crippen molar-refractivity contribution in [1.82, 2.24) is 24.8 Å². The molecule has 7 nitrogen and oxygen atoms in total. The van der Waals surface area contributed by atoms with Crippen molar-refractivity contribution in [2.45, 2.75) is 45.1 Å². The van der Waals surface area contributed by atoms with Gasteiger partial charge >= 0.3 is 0 Å². The summed E-state index contributed by atoms with van der Waals surface area (Å²) in [7, 11) is 0. The number of rotatable bonds is 8. The quantitative estimate of drug-likeness (QED) is 0.393. The van der Waals surface area contributed by atoms with Gasteiger partial charge in [0.2, 0.25) is 5.91 Å². The van der Waals surface area contributed by atoms with Crippen LogP contribution in [-0.4, -0.2) is 56.8 Å². The molecule has 2 aromatic carbocycles. The van der Waals surface area contributed by atoms with Crippen molar-refractivity contribution in [2.75, 3.05) is 26.2 Å². The Labute approximate surface area is 208 Å². The number of aromatic nitrogens is 3. The maximum atomic E-state index is 13.2. The molecule has 3 heterocycles. The van der Waals surface area contributed by atoms with Crippen LogP contribution in [0.15, 0.2) is 53.3 Å². The van der Waals surface area contributed by atoms with E-state index in [2.05, 4.69) is 40.0 Å². The van der Waals surface area contributed by atoms with Crippen LogP contribution in [0.1, 0.15) is 49.4 Å². The molecule has 8 heteroatoms. The molecule has 0 saturated carbocycles. The summed E-state index contributed by atoms with van der Waals surface area (Å²) >= 11 is 1.78. The lowest BCUT2D eigenvalue weighted by Crippen LogP contribution is -2.44. The minimum atomic E-state index is -0.135. The molecule has 35 heavy (non-hydrogen) atoms. The van der Waals surface area contributed by atoms with Gasteiger partial charge in [-0.15, -0.1) is 11.3 Å². The number of para-hydroxylation sites is 2. The highest BCUT2D eigenvalue weighted by atomic mass is 32.1. The van der Waals surface area contributed by atoms with E-state index in [0.717, 1.165) is 50.8 Å². The predicted octanol–water partition coefficient (Wildman–Crippen LogP) is 4.54. The first kappa shape index (κ1) is 23.6. The Kier molecular flexibility index (Phi) is 7.20. The van der Waals surface area contributed by atoms with Crippen LogP contribution in [0.5, 0.6) is 0 Å². The minimum Gasteiger partial charge on any atom is -0.342 e. The topological polar surface area (TPSA) is 82.2 Å². The van der Waals surface area contributed by atoms with E-state index in [1.807, 2.05) is 29.2 Å². The maximum absolute atomic E-state index is 13.2. The highest BCUT2D eigenvalue weighted by Crippen LogP contribution is 2.33. The van der Waals surface area contributed by atoms with E-state index in [-0.39, 0.29) is 11.5 Å². The molecule has 1 fully saturated rings. The van der Waals surface area contributed by atoms with Gasteiger partial charge < -0.3 is 9.88 Å². The number of nitrogens with zero attached hydrogens (tertiary/aromatic N) is 4. The molecule has 0 bridgehead atoms. The van der Waals surface area contributed by atoms with Gasteiger partial charge in [-0.2, -0.15) is 0 Å². The van der Waals surface area contributed by atoms with Crippen molar-refractivity contribution in [3.63, 3.8) is 0 Å². The van der Waals surface area contributed by atoms with E-state index in [1.165, 1.54) is 9.71 Å². The number of carbonyl (C=O) groups is 1. The van der Waals surface area contributed by atoms with Gasteiger partial charge in [-0.3, -0.25) is 14.5 Å². The first-order chi connectivity index (χ1) is 17.1. The fourth-order valence-corrected chi connectivity index (χ4v) is 5.89. The molecular weight excluding hydrogens is 458 g/mol. The molecule has 0 atom stereocenters. The normalized spacial score (nSPS) is 14.9. The molecule has 4 aromatic rings. The van der Waals surface area contributed by atoms with Crippen LogP contribution in [-0.2, 0) is 11.3 Å². The number of fused-ring (bicyclic) bond motifs is 2. The Bertz CT molecular complexity index is 1340. The first-order valence-corrected chi connectivity index (χ1v) is 13.3. The lowest BCUT2D eigenvalue weighted by atomic mass is 9.97. The maximum Gasteiger partial charge on any atom is 0.258 e. The molecule has 1 aliphatic heterocycles. The van der Waals surface area contributed by atoms with E-state index in [9.17, 15) is 9.59 Å². The van der Waals surface area contributed by atoms with Crippen LogP contribution >= 0.6 is 11.3 Å². The summed E-state index contributed by atoms with van der Waals surface area (Å²) in [6, 6.07) is 15.6. The summed E-state index contributed by atoms with van der Waals surface area (Å²) in [5.74, 6) is 1.17. The van der Waals surface area contributed by atoms with Crippen LogP contribution in [0.2, 0.25) is 0 Å². The van der Waals surface area contributed by atoms with Gasteiger partial charge in [0.1, 0.15) is 5.82 Å². The number of thiazole rings is 1. The Hall–Kier alpha value is -3.10. The minimum absolute atomic E-state index is 0.135. The van der Waals surface area contributed by atoms with Crippen molar-refractivity contribution in [3.8, 4) is 0 Å². The average molecular weight is 490 g/mol. The van der Waals surface area contributed by atoms with E-state index >= 15 is 0 Å². The summed E-state index contributed by atoms with van der Waals surface area (Å²) in [6.45, 7) is 5.23. The summed E-state index contributed by atoms with van der Waals surface area (Å²) in [4.78, 5) is 42.2. The highest BCUT2D eigenvalue weighted by Gasteiger charge is 2.27. The number of amides is 1. The van der Waals surface area contributed by atoms with E-state index < -0.39 is 0 Å².